The van der Waals surface area contributed by atoms with Gasteiger partial charge < -0.3 is 20.5 Å². The summed E-state index contributed by atoms with van der Waals surface area (Å²) in [5.41, 5.74) is 7.42. The summed E-state index contributed by atoms with van der Waals surface area (Å²) in [4.78, 5) is 4.39. The number of hydrogen-bond acceptors (Lipinski definition) is 5. The van der Waals surface area contributed by atoms with E-state index in [9.17, 15) is 0 Å². The molecule has 0 unspecified atom stereocenters. The second kappa shape index (κ2) is 5.03. The van der Waals surface area contributed by atoms with Crippen LogP contribution in [-0.4, -0.2) is 30.0 Å². The average molecular weight is 316 g/mol. The third-order valence-electron chi connectivity index (χ3n) is 2.75. The van der Waals surface area contributed by atoms with Gasteiger partial charge in [-0.1, -0.05) is 0 Å². The average Bonchev–Trinajstić information content (AvgIpc) is 2.62. The first-order chi connectivity index (χ1) is 8.37. The minimum atomic E-state index is -0.499. The predicted molar refractivity (Wildman–Crippen MR) is 74.5 cm³/mol. The van der Waals surface area contributed by atoms with Crippen molar-refractivity contribution in [1.29, 1.82) is 0 Å². The Kier molecular flexibility index (Phi) is 3.79. The van der Waals surface area contributed by atoms with Crippen molar-refractivity contribution >= 4 is 27.4 Å². The lowest BCUT2D eigenvalue weighted by molar-refractivity contribution is -0.136. The van der Waals surface area contributed by atoms with Crippen molar-refractivity contribution in [2.24, 2.45) is 0 Å². The van der Waals surface area contributed by atoms with E-state index in [1.165, 1.54) is 0 Å². The largest absolute Gasteiger partial charge is 0.396 e. The number of anilines is 2. The normalized spacial score (nSPS) is 22.1. The number of aromatic nitrogens is 1. The Labute approximate surface area is 115 Å². The van der Waals surface area contributed by atoms with E-state index in [2.05, 4.69) is 26.2 Å². The van der Waals surface area contributed by atoms with Gasteiger partial charge in [0.2, 0.25) is 0 Å². The molecular weight excluding hydrogens is 298 g/mol. The molecule has 0 saturated carbocycles. The van der Waals surface area contributed by atoms with E-state index >= 15 is 0 Å². The Balaban J connectivity index is 1.97. The van der Waals surface area contributed by atoms with E-state index in [1.807, 2.05) is 26.8 Å². The highest BCUT2D eigenvalue weighted by molar-refractivity contribution is 9.10. The van der Waals surface area contributed by atoms with Gasteiger partial charge in [-0.15, -0.1) is 0 Å². The molecule has 1 aromatic heterocycles. The van der Waals surface area contributed by atoms with Gasteiger partial charge in [0, 0.05) is 11.0 Å². The fourth-order valence-corrected chi connectivity index (χ4v) is 2.15. The van der Waals surface area contributed by atoms with Crippen LogP contribution in [0.2, 0.25) is 0 Å². The zero-order chi connectivity index (χ0) is 13.3. The standard InChI is InChI=1S/C12H18BrN3O2/c1-7-9(13)4-10(14)11(16-7)15-5-8-6-17-12(2,3)18-8/h4,8H,5-6,14H2,1-3H3,(H,15,16)/t8-/m0/s1. The number of nitrogens with one attached hydrogen (secondary N) is 1. The summed E-state index contributed by atoms with van der Waals surface area (Å²) in [5.74, 6) is 0.185. The number of pyridine rings is 1. The molecule has 2 heterocycles. The van der Waals surface area contributed by atoms with Crippen LogP contribution in [0.15, 0.2) is 10.5 Å². The highest BCUT2D eigenvalue weighted by atomic mass is 79.9. The molecule has 0 spiro atoms. The first-order valence-electron chi connectivity index (χ1n) is 5.85. The first kappa shape index (κ1) is 13.6. The van der Waals surface area contributed by atoms with E-state index in [1.54, 1.807) is 0 Å². The van der Waals surface area contributed by atoms with Crippen molar-refractivity contribution in [2.45, 2.75) is 32.7 Å². The molecule has 1 saturated heterocycles. The summed E-state index contributed by atoms with van der Waals surface area (Å²) in [6, 6.07) is 1.85. The zero-order valence-electron chi connectivity index (χ0n) is 10.8. The number of nitrogen functional groups attached to an aromatic ring is 1. The third-order valence-corrected chi connectivity index (χ3v) is 3.55. The SMILES string of the molecule is Cc1nc(NC[C@H]2COC(C)(C)O2)c(N)cc1Br. The Bertz CT molecular complexity index is 451. The first-order valence-corrected chi connectivity index (χ1v) is 6.65. The number of halogens is 1. The number of ether oxygens (including phenoxy) is 2. The Hall–Kier alpha value is -0.850. The van der Waals surface area contributed by atoms with Crippen LogP contribution in [0.5, 0.6) is 0 Å². The molecule has 3 N–H and O–H groups in total. The van der Waals surface area contributed by atoms with Crippen molar-refractivity contribution in [3.05, 3.63) is 16.2 Å². The van der Waals surface area contributed by atoms with Gasteiger partial charge in [-0.2, -0.15) is 0 Å². The van der Waals surface area contributed by atoms with Crippen LogP contribution in [0.1, 0.15) is 19.5 Å². The summed E-state index contributed by atoms with van der Waals surface area (Å²) in [6.45, 7) is 6.94. The minimum Gasteiger partial charge on any atom is -0.396 e. The second-order valence-corrected chi connectivity index (χ2v) is 5.68. The maximum absolute atomic E-state index is 5.90. The Morgan fingerprint density at radius 2 is 2.33 bits per heavy atom. The molecule has 0 bridgehead atoms. The lowest BCUT2D eigenvalue weighted by Gasteiger charge is -2.18. The molecule has 2 rings (SSSR count). The van der Waals surface area contributed by atoms with Crippen LogP contribution in [-0.2, 0) is 9.47 Å². The van der Waals surface area contributed by atoms with E-state index in [0.717, 1.165) is 10.2 Å². The molecule has 0 aromatic carbocycles. The van der Waals surface area contributed by atoms with Gasteiger partial charge >= 0.3 is 0 Å². The van der Waals surface area contributed by atoms with Gasteiger partial charge in [0.05, 0.1) is 18.0 Å². The molecular formula is C12H18BrN3O2. The second-order valence-electron chi connectivity index (χ2n) is 4.83. The zero-order valence-corrected chi connectivity index (χ0v) is 12.4. The molecule has 6 heteroatoms. The lowest BCUT2D eigenvalue weighted by atomic mass is 10.3. The van der Waals surface area contributed by atoms with Crippen LogP contribution < -0.4 is 11.1 Å². The molecule has 1 aliphatic heterocycles. The highest BCUT2D eigenvalue weighted by Crippen LogP contribution is 2.25. The monoisotopic (exact) mass is 315 g/mol. The quantitative estimate of drug-likeness (QED) is 0.895. The van der Waals surface area contributed by atoms with Crippen LogP contribution in [0.25, 0.3) is 0 Å². The van der Waals surface area contributed by atoms with Crippen LogP contribution in [0, 0.1) is 6.92 Å². The van der Waals surface area contributed by atoms with Crippen molar-refractivity contribution in [1.82, 2.24) is 4.98 Å². The molecule has 0 amide bonds. The lowest BCUT2D eigenvalue weighted by Crippen LogP contribution is -2.26. The molecule has 1 aromatic rings. The molecule has 1 atom stereocenters. The molecule has 100 valence electrons. The molecule has 1 aliphatic rings. The van der Waals surface area contributed by atoms with E-state index in [4.69, 9.17) is 15.2 Å². The van der Waals surface area contributed by atoms with Gasteiger partial charge in [0.1, 0.15) is 11.9 Å². The summed E-state index contributed by atoms with van der Waals surface area (Å²) in [5, 5.41) is 3.20. The van der Waals surface area contributed by atoms with E-state index < -0.39 is 5.79 Å². The molecule has 0 aliphatic carbocycles. The van der Waals surface area contributed by atoms with Gasteiger partial charge in [0.25, 0.3) is 0 Å². The van der Waals surface area contributed by atoms with Crippen LogP contribution in [0.3, 0.4) is 0 Å². The fourth-order valence-electron chi connectivity index (χ4n) is 1.81. The molecule has 5 nitrogen and oxygen atoms in total. The maximum atomic E-state index is 5.90. The Morgan fingerprint density at radius 3 is 2.94 bits per heavy atom. The van der Waals surface area contributed by atoms with Crippen LogP contribution in [0.4, 0.5) is 11.5 Å². The van der Waals surface area contributed by atoms with Gasteiger partial charge in [-0.3, -0.25) is 0 Å². The summed E-state index contributed by atoms with van der Waals surface area (Å²) in [6.07, 6.45) is 0.0187. The van der Waals surface area contributed by atoms with Crippen molar-refractivity contribution in [3.63, 3.8) is 0 Å². The van der Waals surface area contributed by atoms with E-state index in [-0.39, 0.29) is 6.10 Å². The Morgan fingerprint density at radius 1 is 1.61 bits per heavy atom. The smallest absolute Gasteiger partial charge is 0.163 e. The molecule has 1 fully saturated rings. The van der Waals surface area contributed by atoms with Gasteiger partial charge in [-0.05, 0) is 42.8 Å². The van der Waals surface area contributed by atoms with Gasteiger partial charge in [-0.25, -0.2) is 4.98 Å². The highest BCUT2D eigenvalue weighted by Gasteiger charge is 2.32. The maximum Gasteiger partial charge on any atom is 0.163 e. The topological polar surface area (TPSA) is 69.4 Å². The molecule has 0 radical (unpaired) electrons. The van der Waals surface area contributed by atoms with Crippen molar-refractivity contribution < 1.29 is 9.47 Å². The molecule has 18 heavy (non-hydrogen) atoms. The van der Waals surface area contributed by atoms with Crippen molar-refractivity contribution in [3.8, 4) is 0 Å². The number of hydrogen-bond donors (Lipinski definition) is 2. The number of rotatable bonds is 3. The summed E-state index contributed by atoms with van der Waals surface area (Å²) >= 11 is 3.40. The number of aryl methyl sites for hydroxylation is 1. The van der Waals surface area contributed by atoms with Crippen molar-refractivity contribution in [2.75, 3.05) is 24.2 Å². The van der Waals surface area contributed by atoms with Gasteiger partial charge in [0.15, 0.2) is 5.79 Å². The van der Waals surface area contributed by atoms with E-state index in [0.29, 0.717) is 24.7 Å². The van der Waals surface area contributed by atoms with Crippen LogP contribution >= 0.6 is 15.9 Å². The fraction of sp³-hybridized carbons (Fsp3) is 0.583. The number of nitrogens with zero attached hydrogens (tertiary/aromatic N) is 1. The predicted octanol–water partition coefficient (Wildman–Crippen LogP) is 2.30. The minimum absolute atomic E-state index is 0.0187. The third kappa shape index (κ3) is 3.13. The number of nitrogens with two attached hydrogens (primary N) is 1. The summed E-state index contributed by atoms with van der Waals surface area (Å²) in [7, 11) is 0. The summed E-state index contributed by atoms with van der Waals surface area (Å²) < 4.78 is 12.1.